The van der Waals surface area contributed by atoms with Crippen LogP contribution in [0.15, 0.2) is 42.7 Å². The van der Waals surface area contributed by atoms with Crippen molar-refractivity contribution in [1.29, 1.82) is 5.26 Å². The number of hydrogen-bond acceptors (Lipinski definition) is 7. The molecule has 39 heavy (non-hydrogen) atoms. The molecule has 2 aliphatic rings. The fourth-order valence-corrected chi connectivity index (χ4v) is 7.26. The molecule has 202 valence electrons. The molecule has 3 aromatic rings. The number of hydrogen-bond donors (Lipinski definition) is 1. The van der Waals surface area contributed by atoms with Gasteiger partial charge in [0, 0.05) is 0 Å². The normalized spacial score (nSPS) is 19.6. The third-order valence-electron chi connectivity index (χ3n) is 7.22. The van der Waals surface area contributed by atoms with Crippen molar-refractivity contribution in [3.8, 4) is 23.2 Å². The Labute approximate surface area is 232 Å². The molecular weight excluding hydrogens is 565 g/mol. The molecule has 1 aromatic heterocycles. The number of nitrogens with zero attached hydrogens (tertiary/aromatic N) is 5. The van der Waals surface area contributed by atoms with Gasteiger partial charge in [-0.2, -0.15) is 0 Å². The van der Waals surface area contributed by atoms with Crippen LogP contribution in [0.5, 0.6) is 5.75 Å². The fourth-order valence-electron chi connectivity index (χ4n) is 5.16. The van der Waals surface area contributed by atoms with Crippen LogP contribution in [-0.2, 0) is 4.79 Å². The maximum atomic E-state index is 14.5. The molecule has 3 heterocycles. The Bertz CT molecular complexity index is 1390. The number of carbonyl (C=O) groups is 1. The number of halogens is 2. The number of nitriles is 1. The number of aryl methyl sites for hydroxylation is 1. The predicted molar refractivity (Wildman–Crippen MR) is 144 cm³/mol. The van der Waals surface area contributed by atoms with Gasteiger partial charge in [-0.05, 0) is 0 Å². The summed E-state index contributed by atoms with van der Waals surface area (Å²) in [6.07, 6.45) is 2.74. The molecule has 5 rings (SSSR count). The van der Waals surface area contributed by atoms with Crippen molar-refractivity contribution in [2.24, 2.45) is 0 Å². The van der Waals surface area contributed by atoms with Crippen LogP contribution in [0.4, 0.5) is 8.78 Å². The minimum absolute atomic E-state index is 0.0301. The second-order valence-electron chi connectivity index (χ2n) is 9.91. The van der Waals surface area contributed by atoms with E-state index in [1.54, 1.807) is 12.1 Å². The Hall–Kier alpha value is -3.41. The van der Waals surface area contributed by atoms with Gasteiger partial charge >= 0.3 is 222 Å². The van der Waals surface area contributed by atoms with Gasteiger partial charge in [0.2, 0.25) is 6.41 Å². The van der Waals surface area contributed by atoms with Crippen molar-refractivity contribution in [1.82, 2.24) is 25.2 Å². The molecule has 0 radical (unpaired) electrons. The third kappa shape index (κ3) is 6.26. The molecule has 1 N–H and O–H groups in total. The van der Waals surface area contributed by atoms with E-state index in [-0.39, 0.29) is 24.3 Å². The van der Waals surface area contributed by atoms with Gasteiger partial charge < -0.3 is 0 Å². The molecule has 0 saturated carbocycles. The number of alkyl halides is 2. The molecule has 0 aliphatic carbocycles. The quantitative estimate of drug-likeness (QED) is 0.329. The van der Waals surface area contributed by atoms with Crippen molar-refractivity contribution in [3.63, 3.8) is 0 Å². The third-order valence-corrected chi connectivity index (χ3v) is 9.45. The van der Waals surface area contributed by atoms with Crippen molar-refractivity contribution in [2.45, 2.75) is 44.1 Å². The first kappa shape index (κ1) is 27.2. The summed E-state index contributed by atoms with van der Waals surface area (Å²) in [7, 11) is 0. The van der Waals surface area contributed by atoms with E-state index in [0.717, 1.165) is 35.4 Å². The van der Waals surface area contributed by atoms with Crippen molar-refractivity contribution < 1.29 is 18.3 Å². The van der Waals surface area contributed by atoms with E-state index in [2.05, 4.69) is 45.4 Å². The number of amides is 1. The average molecular weight is 594 g/mol. The number of benzene rings is 2. The predicted octanol–water partition coefficient (Wildman–Crippen LogP) is 1.82. The summed E-state index contributed by atoms with van der Waals surface area (Å²) in [6, 6.07) is 13.4. The molecule has 2 saturated heterocycles. The monoisotopic (exact) mass is 594 g/mol. The Kier molecular flexibility index (Phi) is 8.20. The summed E-state index contributed by atoms with van der Waals surface area (Å²) in [6.45, 7) is 3.74. The van der Waals surface area contributed by atoms with Crippen molar-refractivity contribution in [3.05, 3.63) is 59.4 Å². The van der Waals surface area contributed by atoms with Crippen LogP contribution in [0.2, 0.25) is 0 Å². The molecular formula is C28H29AsF2N6O2. The van der Waals surface area contributed by atoms with Crippen molar-refractivity contribution >= 4 is 31.1 Å². The standard InChI is InChI=1S/C28H29AsF2N6O2/c1-18-12-22(3-4-23(18)19-6-9-33-10-7-19)29-27-35-16-34-26(36-27)20-2-5-24(21(13-20)14-32)39-25-8-11-37(17-38)15-28(25,30)31/h2-5,12-13,16-17,19,25,29,33H,6-11,15H2,1H3/t25-/m0/s1. The van der Waals surface area contributed by atoms with Gasteiger partial charge in [0.05, 0.1) is 0 Å². The molecule has 1 unspecified atom stereocenters. The van der Waals surface area contributed by atoms with E-state index in [1.165, 1.54) is 27.9 Å². The summed E-state index contributed by atoms with van der Waals surface area (Å²) >= 11 is -0.813. The molecule has 8 nitrogen and oxygen atoms in total. The van der Waals surface area contributed by atoms with Crippen LogP contribution in [0.3, 0.4) is 0 Å². The average Bonchev–Trinajstić information content (AvgIpc) is 2.94. The van der Waals surface area contributed by atoms with E-state index in [4.69, 9.17) is 4.74 Å². The Morgan fingerprint density at radius 2 is 2.00 bits per heavy atom. The van der Waals surface area contributed by atoms with E-state index < -0.39 is 34.3 Å². The number of likely N-dealkylation sites (tertiary alicyclic amines) is 1. The van der Waals surface area contributed by atoms with Gasteiger partial charge in [-0.25, -0.2) is 0 Å². The van der Waals surface area contributed by atoms with Crippen LogP contribution >= 0.6 is 0 Å². The zero-order valence-electron chi connectivity index (χ0n) is 21.5. The zero-order chi connectivity index (χ0) is 27.4. The number of ether oxygens (including phenoxy) is 1. The van der Waals surface area contributed by atoms with Crippen LogP contribution in [-0.4, -0.2) is 80.2 Å². The number of nitrogens with one attached hydrogen (secondary N) is 1. The number of rotatable bonds is 7. The second-order valence-corrected chi connectivity index (χ2v) is 12.6. The van der Waals surface area contributed by atoms with Crippen LogP contribution < -0.4 is 19.0 Å². The molecule has 2 aliphatic heterocycles. The molecule has 11 heteroatoms. The first-order valence-corrected chi connectivity index (χ1v) is 15.0. The summed E-state index contributed by atoms with van der Waals surface area (Å²) in [5, 5.41) is 13.1. The fraction of sp³-hybridized carbons (Fsp3) is 0.393. The van der Waals surface area contributed by atoms with Crippen molar-refractivity contribution in [2.75, 3.05) is 26.2 Å². The first-order valence-electron chi connectivity index (χ1n) is 12.9. The molecule has 2 atom stereocenters. The Morgan fingerprint density at radius 1 is 1.18 bits per heavy atom. The number of carbonyl (C=O) groups excluding carboxylic acids is 1. The van der Waals surface area contributed by atoms with Gasteiger partial charge in [0.15, 0.2) is 0 Å². The summed E-state index contributed by atoms with van der Waals surface area (Å²) in [4.78, 5) is 25.3. The van der Waals surface area contributed by atoms with Gasteiger partial charge in [0.25, 0.3) is 0 Å². The topological polar surface area (TPSA) is 104 Å². The number of aromatic nitrogens is 3. The Morgan fingerprint density at radius 3 is 2.72 bits per heavy atom. The van der Waals surface area contributed by atoms with Gasteiger partial charge in [-0.1, -0.05) is 0 Å². The van der Waals surface area contributed by atoms with Crippen LogP contribution in [0.1, 0.15) is 41.9 Å². The molecule has 0 spiro atoms. The zero-order valence-corrected chi connectivity index (χ0v) is 23.6. The van der Waals surface area contributed by atoms with Gasteiger partial charge in [0.1, 0.15) is 0 Å². The maximum absolute atomic E-state index is 14.5. The number of piperidine rings is 2. The second kappa shape index (κ2) is 11.8. The Balaban J connectivity index is 1.31. The summed E-state index contributed by atoms with van der Waals surface area (Å²) in [5.41, 5.74) is 3.41. The summed E-state index contributed by atoms with van der Waals surface area (Å²) in [5.74, 6) is -2.14. The van der Waals surface area contributed by atoms with Gasteiger partial charge in [-0.15, -0.1) is 0 Å². The molecule has 2 fully saturated rings. The van der Waals surface area contributed by atoms with E-state index in [9.17, 15) is 18.8 Å². The van der Waals surface area contributed by atoms with Gasteiger partial charge in [-0.3, -0.25) is 4.79 Å². The molecule has 2 aromatic carbocycles. The molecule has 1 amide bonds. The van der Waals surface area contributed by atoms with Crippen LogP contribution in [0, 0.1) is 18.3 Å². The van der Waals surface area contributed by atoms with E-state index in [1.807, 2.05) is 6.07 Å². The van der Waals surface area contributed by atoms with E-state index >= 15 is 0 Å². The minimum atomic E-state index is -3.22. The molecule has 0 bridgehead atoms. The van der Waals surface area contributed by atoms with Crippen LogP contribution in [0.25, 0.3) is 11.4 Å². The first-order chi connectivity index (χ1) is 18.9. The summed E-state index contributed by atoms with van der Waals surface area (Å²) < 4.78 is 36.5. The SMILES string of the molecule is Cc1cc([AsH]c2ncnc(-c3ccc(O[C@H]4CCN(C=O)CC4(F)F)c(C#N)c3)n2)ccc1C1CCNCC1. The van der Waals surface area contributed by atoms with E-state index in [0.29, 0.717) is 23.7 Å².